The van der Waals surface area contributed by atoms with Crippen LogP contribution >= 0.6 is 11.5 Å². The summed E-state index contributed by atoms with van der Waals surface area (Å²) in [6.07, 6.45) is 1.84. The summed E-state index contributed by atoms with van der Waals surface area (Å²) in [5.74, 6) is 0. The van der Waals surface area contributed by atoms with Gasteiger partial charge in [0.05, 0.1) is 6.20 Å². The maximum absolute atomic E-state index is 4.13. The molecule has 0 unspecified atom stereocenters. The average molecular weight is 166 g/mol. The van der Waals surface area contributed by atoms with Gasteiger partial charge in [0.15, 0.2) is 0 Å². The Labute approximate surface area is 67.6 Å². The van der Waals surface area contributed by atoms with Crippen molar-refractivity contribution < 1.29 is 0 Å². The summed E-state index contributed by atoms with van der Waals surface area (Å²) >= 11 is 1.42. The highest BCUT2D eigenvalue weighted by Gasteiger charge is 2.02. The zero-order chi connectivity index (χ0) is 7.68. The van der Waals surface area contributed by atoms with E-state index in [9.17, 15) is 0 Å². The van der Waals surface area contributed by atoms with Crippen LogP contribution in [0, 0.1) is 0 Å². The molecule has 0 amide bonds. The van der Waals surface area contributed by atoms with Gasteiger partial charge in [0.1, 0.15) is 11.4 Å². The average Bonchev–Trinajstić information content (AvgIpc) is 2.55. The molecule has 0 atom stereocenters. The Bertz CT molecular complexity index is 337. The van der Waals surface area contributed by atoms with Crippen molar-refractivity contribution in [3.8, 4) is 11.4 Å². The predicted octanol–water partition coefficient (Wildman–Crippen LogP) is 0.939. The van der Waals surface area contributed by atoms with E-state index in [1.807, 2.05) is 24.7 Å². The molecule has 5 heteroatoms. The van der Waals surface area contributed by atoms with Gasteiger partial charge in [-0.15, -0.1) is 5.10 Å². The fourth-order valence-electron chi connectivity index (χ4n) is 0.809. The Kier molecular flexibility index (Phi) is 1.43. The first kappa shape index (κ1) is 6.48. The zero-order valence-electron chi connectivity index (χ0n) is 5.93. The highest BCUT2D eigenvalue weighted by molar-refractivity contribution is 7.03. The van der Waals surface area contributed by atoms with Crippen LogP contribution < -0.4 is 0 Å². The Morgan fingerprint density at radius 2 is 2.36 bits per heavy atom. The number of aryl methyl sites for hydroxylation is 1. The summed E-state index contributed by atoms with van der Waals surface area (Å²) in [7, 11) is 1.84. The van der Waals surface area contributed by atoms with E-state index in [1.165, 1.54) is 11.5 Å². The van der Waals surface area contributed by atoms with E-state index in [4.69, 9.17) is 0 Å². The van der Waals surface area contributed by atoms with Gasteiger partial charge in [0.25, 0.3) is 0 Å². The number of nitrogens with zero attached hydrogens (tertiary/aromatic N) is 4. The van der Waals surface area contributed by atoms with E-state index < -0.39 is 0 Å². The molecule has 0 aliphatic carbocycles. The first-order chi connectivity index (χ1) is 5.36. The lowest BCUT2D eigenvalue weighted by molar-refractivity contribution is 0.715. The minimum atomic E-state index is 0.828. The zero-order valence-corrected chi connectivity index (χ0v) is 6.75. The van der Waals surface area contributed by atoms with Crippen molar-refractivity contribution in [2.24, 2.45) is 7.05 Å². The second-order valence-electron chi connectivity index (χ2n) is 2.16. The van der Waals surface area contributed by atoms with Crippen molar-refractivity contribution >= 4 is 11.5 Å². The number of rotatable bonds is 1. The molecule has 0 spiro atoms. The number of hydrogen-bond donors (Lipinski definition) is 0. The molecule has 0 fully saturated rings. The summed E-state index contributed by atoms with van der Waals surface area (Å²) in [6, 6.07) is 1.93. The standard InChI is InChI=1S/C6H6N4S/c1-10-4-6(7-9-10)5-2-3-11-8-5/h2-4H,1H3. The van der Waals surface area contributed by atoms with Crippen LogP contribution in [0.4, 0.5) is 0 Å². The Balaban J connectivity index is 2.45. The highest BCUT2D eigenvalue weighted by atomic mass is 32.1. The minimum Gasteiger partial charge on any atom is -0.255 e. The molecule has 11 heavy (non-hydrogen) atoms. The van der Waals surface area contributed by atoms with E-state index >= 15 is 0 Å². The van der Waals surface area contributed by atoms with E-state index in [-0.39, 0.29) is 0 Å². The van der Waals surface area contributed by atoms with E-state index in [1.54, 1.807) is 4.68 Å². The van der Waals surface area contributed by atoms with Crippen molar-refractivity contribution in [3.05, 3.63) is 17.6 Å². The molecule has 2 rings (SSSR count). The molecule has 2 aromatic rings. The summed E-state index contributed by atoms with van der Waals surface area (Å²) in [5.41, 5.74) is 1.72. The Morgan fingerprint density at radius 1 is 1.45 bits per heavy atom. The van der Waals surface area contributed by atoms with Gasteiger partial charge >= 0.3 is 0 Å². The third-order valence-corrected chi connectivity index (χ3v) is 1.86. The van der Waals surface area contributed by atoms with Crippen molar-refractivity contribution in [1.82, 2.24) is 19.4 Å². The van der Waals surface area contributed by atoms with Crippen LogP contribution in [0.15, 0.2) is 17.6 Å². The molecular formula is C6H6N4S. The molecule has 0 saturated carbocycles. The Hall–Kier alpha value is -1.23. The lowest BCUT2D eigenvalue weighted by Gasteiger charge is -1.81. The molecule has 0 saturated heterocycles. The first-order valence-corrected chi connectivity index (χ1v) is 3.97. The molecule has 56 valence electrons. The van der Waals surface area contributed by atoms with E-state index in [2.05, 4.69) is 14.7 Å². The summed E-state index contributed by atoms with van der Waals surface area (Å²) in [6.45, 7) is 0. The molecule has 2 heterocycles. The molecular weight excluding hydrogens is 160 g/mol. The summed E-state index contributed by atoms with van der Waals surface area (Å²) in [5, 5.41) is 9.64. The SMILES string of the molecule is Cn1cc(-c2ccsn2)nn1. The summed E-state index contributed by atoms with van der Waals surface area (Å²) < 4.78 is 5.79. The first-order valence-electron chi connectivity index (χ1n) is 3.13. The Morgan fingerprint density at radius 3 is 2.91 bits per heavy atom. The number of hydrogen-bond acceptors (Lipinski definition) is 4. The maximum atomic E-state index is 4.13. The van der Waals surface area contributed by atoms with Crippen molar-refractivity contribution in [2.45, 2.75) is 0 Å². The van der Waals surface area contributed by atoms with Gasteiger partial charge in [-0.25, -0.2) is 0 Å². The van der Waals surface area contributed by atoms with Crippen molar-refractivity contribution in [3.63, 3.8) is 0 Å². The van der Waals surface area contributed by atoms with Gasteiger partial charge in [-0.1, -0.05) is 5.21 Å². The molecule has 0 radical (unpaired) electrons. The van der Waals surface area contributed by atoms with Crippen LogP contribution in [0.25, 0.3) is 11.4 Å². The molecule has 4 nitrogen and oxygen atoms in total. The lowest BCUT2D eigenvalue weighted by atomic mass is 10.3. The fraction of sp³-hybridized carbons (Fsp3) is 0.167. The molecule has 0 aliphatic heterocycles. The van der Waals surface area contributed by atoms with E-state index in [0.29, 0.717) is 0 Å². The van der Waals surface area contributed by atoms with Crippen molar-refractivity contribution in [1.29, 1.82) is 0 Å². The van der Waals surface area contributed by atoms with Crippen molar-refractivity contribution in [2.75, 3.05) is 0 Å². The minimum absolute atomic E-state index is 0.828. The van der Waals surface area contributed by atoms with Crippen LogP contribution in [0.5, 0.6) is 0 Å². The largest absolute Gasteiger partial charge is 0.255 e. The van der Waals surface area contributed by atoms with Gasteiger partial charge in [-0.3, -0.25) is 4.68 Å². The second-order valence-corrected chi connectivity index (χ2v) is 2.83. The number of aromatic nitrogens is 4. The molecule has 0 N–H and O–H groups in total. The van der Waals surface area contributed by atoms with Gasteiger partial charge in [-0.05, 0) is 17.6 Å². The quantitative estimate of drug-likeness (QED) is 0.633. The smallest absolute Gasteiger partial charge is 0.132 e. The van der Waals surface area contributed by atoms with Crippen LogP contribution in [0.3, 0.4) is 0 Å². The van der Waals surface area contributed by atoms with Gasteiger partial charge < -0.3 is 0 Å². The fourth-order valence-corrected chi connectivity index (χ4v) is 1.33. The van der Waals surface area contributed by atoms with Crippen LogP contribution in [0.2, 0.25) is 0 Å². The monoisotopic (exact) mass is 166 g/mol. The van der Waals surface area contributed by atoms with Gasteiger partial charge in [0.2, 0.25) is 0 Å². The lowest BCUT2D eigenvalue weighted by Crippen LogP contribution is -1.85. The van der Waals surface area contributed by atoms with Crippen LogP contribution in [0.1, 0.15) is 0 Å². The molecule has 2 aromatic heterocycles. The van der Waals surface area contributed by atoms with E-state index in [0.717, 1.165) is 11.4 Å². The third-order valence-electron chi connectivity index (χ3n) is 1.30. The van der Waals surface area contributed by atoms with Gasteiger partial charge in [-0.2, -0.15) is 4.37 Å². The van der Waals surface area contributed by atoms with Crippen LogP contribution in [-0.4, -0.2) is 19.4 Å². The second kappa shape index (κ2) is 2.43. The molecule has 0 aromatic carbocycles. The predicted molar refractivity (Wildman–Crippen MR) is 42.1 cm³/mol. The molecule has 0 bridgehead atoms. The maximum Gasteiger partial charge on any atom is 0.132 e. The molecule has 0 aliphatic rings. The van der Waals surface area contributed by atoms with Gasteiger partial charge in [0, 0.05) is 12.4 Å². The van der Waals surface area contributed by atoms with Crippen LogP contribution in [-0.2, 0) is 7.05 Å². The summed E-state index contributed by atoms with van der Waals surface area (Å²) in [4.78, 5) is 0. The highest BCUT2D eigenvalue weighted by Crippen LogP contribution is 2.13. The topological polar surface area (TPSA) is 43.6 Å². The normalized spacial score (nSPS) is 10.3. The third kappa shape index (κ3) is 1.14.